The molecule has 7 heteroatoms. The van der Waals surface area contributed by atoms with Gasteiger partial charge in [-0.2, -0.15) is 0 Å². The van der Waals surface area contributed by atoms with Crippen molar-refractivity contribution in [1.82, 2.24) is 15.3 Å². The zero-order valence-corrected chi connectivity index (χ0v) is 11.2. The highest BCUT2D eigenvalue weighted by Gasteiger charge is 2.27. The second-order valence-electron chi connectivity index (χ2n) is 4.50. The van der Waals surface area contributed by atoms with Gasteiger partial charge >= 0.3 is 0 Å². The number of rotatable bonds is 2. The summed E-state index contributed by atoms with van der Waals surface area (Å²) < 4.78 is 5.42. The molecule has 0 radical (unpaired) electrons. The summed E-state index contributed by atoms with van der Waals surface area (Å²) >= 11 is 1.27. The fourth-order valence-corrected chi connectivity index (χ4v) is 3.09. The molecule has 1 amide bonds. The van der Waals surface area contributed by atoms with Crippen LogP contribution in [0.5, 0.6) is 0 Å². The van der Waals surface area contributed by atoms with E-state index in [0.29, 0.717) is 27.5 Å². The minimum absolute atomic E-state index is 0.0378. The van der Waals surface area contributed by atoms with Crippen LogP contribution in [0.2, 0.25) is 0 Å². The zero-order chi connectivity index (χ0) is 13.4. The molecule has 2 unspecified atom stereocenters. The number of ether oxygens (including phenoxy) is 1. The van der Waals surface area contributed by atoms with Crippen LogP contribution in [-0.4, -0.2) is 34.6 Å². The quantitative estimate of drug-likeness (QED) is 0.861. The number of aromatic nitrogens is 2. The first kappa shape index (κ1) is 12.3. The minimum atomic E-state index is -0.176. The van der Waals surface area contributed by atoms with Crippen LogP contribution in [0.1, 0.15) is 23.0 Å². The number of hydrogen-bond acceptors (Lipinski definition) is 6. The number of nitrogen functional groups attached to an aromatic ring is 1. The molecule has 3 heterocycles. The fraction of sp³-hybridized carbons (Fsp3) is 0.417. The number of nitrogens with zero attached hydrogens (tertiary/aromatic N) is 2. The molecule has 0 spiro atoms. The van der Waals surface area contributed by atoms with Crippen molar-refractivity contribution in [3.8, 4) is 0 Å². The molecule has 1 aliphatic heterocycles. The summed E-state index contributed by atoms with van der Waals surface area (Å²) in [6.45, 7) is 2.63. The van der Waals surface area contributed by atoms with Gasteiger partial charge in [0.15, 0.2) is 0 Å². The lowest BCUT2D eigenvalue weighted by Gasteiger charge is -2.15. The van der Waals surface area contributed by atoms with Crippen LogP contribution in [-0.2, 0) is 4.74 Å². The van der Waals surface area contributed by atoms with E-state index in [-0.39, 0.29) is 18.1 Å². The SMILES string of the molecule is CC1OCCC1NC(=O)c1sc2nccnc2c1N. The zero-order valence-electron chi connectivity index (χ0n) is 10.4. The van der Waals surface area contributed by atoms with Crippen molar-refractivity contribution in [2.45, 2.75) is 25.5 Å². The van der Waals surface area contributed by atoms with Crippen LogP contribution in [0.15, 0.2) is 12.4 Å². The first-order valence-electron chi connectivity index (χ1n) is 6.08. The highest BCUT2D eigenvalue weighted by atomic mass is 32.1. The van der Waals surface area contributed by atoms with Crippen LogP contribution in [0.3, 0.4) is 0 Å². The van der Waals surface area contributed by atoms with Crippen molar-refractivity contribution in [2.75, 3.05) is 12.3 Å². The van der Waals surface area contributed by atoms with Gasteiger partial charge in [-0.15, -0.1) is 11.3 Å². The molecule has 0 aliphatic carbocycles. The van der Waals surface area contributed by atoms with Crippen molar-refractivity contribution in [1.29, 1.82) is 0 Å². The number of carbonyl (C=O) groups excluding carboxylic acids is 1. The van der Waals surface area contributed by atoms with Gasteiger partial charge in [-0.25, -0.2) is 9.97 Å². The van der Waals surface area contributed by atoms with Crippen LogP contribution < -0.4 is 11.1 Å². The predicted octanol–water partition coefficient (Wildman–Crippen LogP) is 1.18. The van der Waals surface area contributed by atoms with E-state index >= 15 is 0 Å². The Labute approximate surface area is 114 Å². The number of hydrogen-bond donors (Lipinski definition) is 2. The van der Waals surface area contributed by atoms with E-state index in [1.165, 1.54) is 11.3 Å². The monoisotopic (exact) mass is 278 g/mol. The van der Waals surface area contributed by atoms with E-state index in [1.54, 1.807) is 12.4 Å². The lowest BCUT2D eigenvalue weighted by molar-refractivity contribution is 0.0870. The van der Waals surface area contributed by atoms with Crippen LogP contribution in [0.25, 0.3) is 10.3 Å². The summed E-state index contributed by atoms with van der Waals surface area (Å²) in [5.74, 6) is -0.176. The normalized spacial score (nSPS) is 22.8. The number of anilines is 1. The van der Waals surface area contributed by atoms with E-state index in [2.05, 4.69) is 15.3 Å². The molecule has 0 aromatic carbocycles. The van der Waals surface area contributed by atoms with Crippen LogP contribution in [0.4, 0.5) is 5.69 Å². The Kier molecular flexibility index (Phi) is 3.08. The average molecular weight is 278 g/mol. The fourth-order valence-electron chi connectivity index (χ4n) is 2.17. The third-order valence-corrected chi connectivity index (χ3v) is 4.36. The molecule has 1 saturated heterocycles. The van der Waals surface area contributed by atoms with Crippen molar-refractivity contribution >= 4 is 33.3 Å². The number of amides is 1. The first-order chi connectivity index (χ1) is 9.16. The Bertz CT molecular complexity index is 627. The van der Waals surface area contributed by atoms with Gasteiger partial charge in [-0.3, -0.25) is 4.79 Å². The average Bonchev–Trinajstić information content (AvgIpc) is 2.95. The van der Waals surface area contributed by atoms with Gasteiger partial charge in [0, 0.05) is 19.0 Å². The summed E-state index contributed by atoms with van der Waals surface area (Å²) in [6.07, 6.45) is 4.02. The third kappa shape index (κ3) is 2.15. The van der Waals surface area contributed by atoms with Crippen molar-refractivity contribution in [3.05, 3.63) is 17.3 Å². The van der Waals surface area contributed by atoms with E-state index in [4.69, 9.17) is 10.5 Å². The first-order valence-corrected chi connectivity index (χ1v) is 6.90. The molecular formula is C12H14N4O2S. The number of carbonyl (C=O) groups is 1. The third-order valence-electron chi connectivity index (χ3n) is 3.26. The molecule has 100 valence electrons. The molecular weight excluding hydrogens is 264 g/mol. The summed E-state index contributed by atoms with van der Waals surface area (Å²) in [5.41, 5.74) is 6.96. The van der Waals surface area contributed by atoms with E-state index in [0.717, 1.165) is 6.42 Å². The topological polar surface area (TPSA) is 90.1 Å². The van der Waals surface area contributed by atoms with Crippen molar-refractivity contribution < 1.29 is 9.53 Å². The summed E-state index contributed by atoms with van der Waals surface area (Å²) in [5, 5.41) is 2.96. The molecule has 2 aromatic heterocycles. The Hall–Kier alpha value is -1.73. The van der Waals surface area contributed by atoms with Crippen LogP contribution in [0, 0.1) is 0 Å². The standard InChI is InChI=1S/C12H14N4O2S/c1-6-7(2-5-18-6)16-11(17)10-8(13)9-12(19-10)15-4-3-14-9/h3-4,6-7H,2,5,13H2,1H3,(H,16,17). The second-order valence-corrected chi connectivity index (χ2v) is 5.50. The number of nitrogens with one attached hydrogen (secondary N) is 1. The maximum atomic E-state index is 12.2. The van der Waals surface area contributed by atoms with Gasteiger partial charge in [0.25, 0.3) is 5.91 Å². The van der Waals surface area contributed by atoms with Gasteiger partial charge < -0.3 is 15.8 Å². The van der Waals surface area contributed by atoms with E-state index in [9.17, 15) is 4.79 Å². The van der Waals surface area contributed by atoms with Gasteiger partial charge in [-0.05, 0) is 13.3 Å². The van der Waals surface area contributed by atoms with Crippen LogP contribution >= 0.6 is 11.3 Å². The molecule has 19 heavy (non-hydrogen) atoms. The Morgan fingerprint density at radius 1 is 1.53 bits per heavy atom. The minimum Gasteiger partial charge on any atom is -0.396 e. The van der Waals surface area contributed by atoms with Gasteiger partial charge in [0.2, 0.25) is 0 Å². The lowest BCUT2D eigenvalue weighted by Crippen LogP contribution is -2.39. The van der Waals surface area contributed by atoms with E-state index in [1.807, 2.05) is 6.92 Å². The highest BCUT2D eigenvalue weighted by Crippen LogP contribution is 2.30. The van der Waals surface area contributed by atoms with E-state index < -0.39 is 0 Å². The highest BCUT2D eigenvalue weighted by molar-refractivity contribution is 7.21. The molecule has 2 atom stereocenters. The predicted molar refractivity (Wildman–Crippen MR) is 73.1 cm³/mol. The maximum Gasteiger partial charge on any atom is 0.263 e. The van der Waals surface area contributed by atoms with Gasteiger partial charge in [0.1, 0.15) is 15.2 Å². The molecule has 1 fully saturated rings. The second kappa shape index (κ2) is 4.75. The maximum absolute atomic E-state index is 12.2. The van der Waals surface area contributed by atoms with Gasteiger partial charge in [-0.1, -0.05) is 0 Å². The Morgan fingerprint density at radius 2 is 2.32 bits per heavy atom. The molecule has 3 rings (SSSR count). The van der Waals surface area contributed by atoms with Gasteiger partial charge in [0.05, 0.1) is 17.8 Å². The van der Waals surface area contributed by atoms with Crippen molar-refractivity contribution in [2.24, 2.45) is 0 Å². The lowest BCUT2D eigenvalue weighted by atomic mass is 10.1. The Morgan fingerprint density at radius 3 is 3.00 bits per heavy atom. The molecule has 0 bridgehead atoms. The number of fused-ring (bicyclic) bond motifs is 1. The largest absolute Gasteiger partial charge is 0.396 e. The molecule has 2 aromatic rings. The smallest absolute Gasteiger partial charge is 0.263 e. The number of nitrogens with two attached hydrogens (primary N) is 1. The summed E-state index contributed by atoms with van der Waals surface area (Å²) in [6, 6.07) is 0.0398. The number of thiophene rings is 1. The molecule has 0 saturated carbocycles. The molecule has 6 nitrogen and oxygen atoms in total. The van der Waals surface area contributed by atoms with Crippen molar-refractivity contribution in [3.63, 3.8) is 0 Å². The molecule has 1 aliphatic rings. The summed E-state index contributed by atoms with van der Waals surface area (Å²) in [7, 11) is 0. The molecule has 3 N–H and O–H groups in total. The summed E-state index contributed by atoms with van der Waals surface area (Å²) in [4.78, 5) is 21.7. The Balaban J connectivity index is 1.87.